The van der Waals surface area contributed by atoms with E-state index in [1.807, 2.05) is 48.7 Å². The molecule has 2 aromatic carbocycles. The van der Waals surface area contributed by atoms with Crippen LogP contribution in [0.2, 0.25) is 0 Å². The standard InChI is InChI=1S/C23H25N3O3S/c1-16-3-6-18(7-4-16)24-22(27)12-23-25-19(15-30-23)14-26(2)13-17-5-8-20-21(11-17)29-10-9-28-20/h3-8,11,15H,9-10,12-14H2,1-2H3,(H,24,27). The zero-order valence-corrected chi connectivity index (χ0v) is 18.0. The normalized spacial score (nSPS) is 12.8. The zero-order valence-electron chi connectivity index (χ0n) is 17.2. The van der Waals surface area contributed by atoms with Gasteiger partial charge in [-0.2, -0.15) is 0 Å². The Balaban J connectivity index is 1.29. The number of anilines is 1. The first-order valence-corrected chi connectivity index (χ1v) is 10.8. The van der Waals surface area contributed by atoms with E-state index in [2.05, 4.69) is 28.3 Å². The molecule has 0 fully saturated rings. The molecule has 1 aliphatic rings. The maximum atomic E-state index is 12.3. The Labute approximate surface area is 180 Å². The lowest BCUT2D eigenvalue weighted by atomic mass is 10.2. The Morgan fingerprint density at radius 3 is 2.67 bits per heavy atom. The summed E-state index contributed by atoms with van der Waals surface area (Å²) in [5.41, 5.74) is 4.10. The number of ether oxygens (including phenoxy) is 2. The van der Waals surface area contributed by atoms with E-state index in [1.54, 1.807) is 0 Å². The van der Waals surface area contributed by atoms with Crippen LogP contribution in [0.3, 0.4) is 0 Å². The van der Waals surface area contributed by atoms with Crippen molar-refractivity contribution in [3.05, 3.63) is 69.7 Å². The number of nitrogens with one attached hydrogen (secondary N) is 1. The van der Waals surface area contributed by atoms with Gasteiger partial charge in [0.05, 0.1) is 12.1 Å². The Morgan fingerprint density at radius 1 is 1.10 bits per heavy atom. The topological polar surface area (TPSA) is 63.7 Å². The van der Waals surface area contributed by atoms with E-state index in [4.69, 9.17) is 9.47 Å². The zero-order chi connectivity index (χ0) is 20.9. The first-order chi connectivity index (χ1) is 14.5. The molecule has 0 spiro atoms. The van der Waals surface area contributed by atoms with Gasteiger partial charge in [-0.15, -0.1) is 11.3 Å². The van der Waals surface area contributed by atoms with E-state index in [0.717, 1.165) is 45.6 Å². The van der Waals surface area contributed by atoms with Crippen LogP contribution in [0, 0.1) is 6.92 Å². The minimum Gasteiger partial charge on any atom is -0.486 e. The van der Waals surface area contributed by atoms with Crippen molar-refractivity contribution >= 4 is 22.9 Å². The number of aryl methyl sites for hydroxylation is 1. The van der Waals surface area contributed by atoms with Gasteiger partial charge in [-0.25, -0.2) is 4.98 Å². The van der Waals surface area contributed by atoms with E-state index in [9.17, 15) is 4.79 Å². The molecule has 4 rings (SSSR count). The van der Waals surface area contributed by atoms with Gasteiger partial charge >= 0.3 is 0 Å². The monoisotopic (exact) mass is 423 g/mol. The van der Waals surface area contributed by atoms with Crippen molar-refractivity contribution in [1.29, 1.82) is 0 Å². The van der Waals surface area contributed by atoms with Crippen LogP contribution < -0.4 is 14.8 Å². The fraction of sp³-hybridized carbons (Fsp3) is 0.304. The fourth-order valence-electron chi connectivity index (χ4n) is 3.31. The molecule has 0 aliphatic carbocycles. The molecule has 0 bridgehead atoms. The lowest BCUT2D eigenvalue weighted by Gasteiger charge is -2.20. The highest BCUT2D eigenvalue weighted by Crippen LogP contribution is 2.31. The Hall–Kier alpha value is -2.90. The molecular formula is C23H25N3O3S. The molecule has 1 N–H and O–H groups in total. The van der Waals surface area contributed by atoms with E-state index in [0.29, 0.717) is 19.8 Å². The molecule has 0 radical (unpaired) electrons. The van der Waals surface area contributed by atoms with Gasteiger partial charge in [0.25, 0.3) is 0 Å². The van der Waals surface area contributed by atoms with Crippen LogP contribution in [0.15, 0.2) is 47.8 Å². The quantitative estimate of drug-likeness (QED) is 0.622. The maximum Gasteiger partial charge on any atom is 0.231 e. The number of nitrogens with zero attached hydrogens (tertiary/aromatic N) is 2. The van der Waals surface area contributed by atoms with E-state index >= 15 is 0 Å². The third kappa shape index (κ3) is 5.37. The predicted molar refractivity (Wildman–Crippen MR) is 118 cm³/mol. The molecule has 30 heavy (non-hydrogen) atoms. The van der Waals surface area contributed by atoms with Gasteiger partial charge in [-0.05, 0) is 43.8 Å². The predicted octanol–water partition coefficient (Wildman–Crippen LogP) is 4.04. The summed E-state index contributed by atoms with van der Waals surface area (Å²) in [5, 5.41) is 5.76. The number of hydrogen-bond donors (Lipinski definition) is 1. The summed E-state index contributed by atoms with van der Waals surface area (Å²) >= 11 is 1.52. The minimum absolute atomic E-state index is 0.0515. The summed E-state index contributed by atoms with van der Waals surface area (Å²) < 4.78 is 11.2. The number of thiazole rings is 1. The van der Waals surface area contributed by atoms with E-state index in [-0.39, 0.29) is 12.3 Å². The van der Waals surface area contributed by atoms with Crippen molar-refractivity contribution in [3.63, 3.8) is 0 Å². The van der Waals surface area contributed by atoms with Crippen LogP contribution in [0.1, 0.15) is 21.8 Å². The number of carbonyl (C=O) groups is 1. The fourth-order valence-corrected chi connectivity index (χ4v) is 4.10. The van der Waals surface area contributed by atoms with Crippen molar-refractivity contribution in [3.8, 4) is 11.5 Å². The highest BCUT2D eigenvalue weighted by atomic mass is 32.1. The van der Waals surface area contributed by atoms with Crippen molar-refractivity contribution in [2.24, 2.45) is 0 Å². The van der Waals surface area contributed by atoms with Gasteiger partial charge in [-0.3, -0.25) is 9.69 Å². The van der Waals surface area contributed by atoms with Gasteiger partial charge in [0.15, 0.2) is 11.5 Å². The third-order valence-corrected chi connectivity index (χ3v) is 5.64. The molecular weight excluding hydrogens is 398 g/mol. The summed E-state index contributed by atoms with van der Waals surface area (Å²) in [4.78, 5) is 19.1. The SMILES string of the molecule is Cc1ccc(NC(=O)Cc2nc(CN(C)Cc3ccc4c(c3)OCCO4)cs2)cc1. The molecule has 7 heteroatoms. The van der Waals surface area contributed by atoms with Crippen molar-refractivity contribution < 1.29 is 14.3 Å². The van der Waals surface area contributed by atoms with Crippen LogP contribution in [0.5, 0.6) is 11.5 Å². The Kier molecular flexibility index (Phi) is 6.30. The number of rotatable bonds is 7. The number of fused-ring (bicyclic) bond motifs is 1. The van der Waals surface area contributed by atoms with Crippen molar-refractivity contribution in [2.45, 2.75) is 26.4 Å². The molecule has 1 aliphatic heterocycles. The molecule has 0 atom stereocenters. The lowest BCUT2D eigenvalue weighted by molar-refractivity contribution is -0.115. The summed E-state index contributed by atoms with van der Waals surface area (Å²) in [7, 11) is 2.06. The average molecular weight is 424 g/mol. The smallest absolute Gasteiger partial charge is 0.231 e. The summed E-state index contributed by atoms with van der Waals surface area (Å²) in [6, 6.07) is 13.8. The molecule has 0 saturated heterocycles. The van der Waals surface area contributed by atoms with Gasteiger partial charge in [-0.1, -0.05) is 23.8 Å². The Bertz CT molecular complexity index is 1020. The lowest BCUT2D eigenvalue weighted by Crippen LogP contribution is -2.19. The van der Waals surface area contributed by atoms with Gasteiger partial charge in [0.2, 0.25) is 5.91 Å². The molecule has 0 saturated carbocycles. The van der Waals surface area contributed by atoms with Crippen LogP contribution in [-0.2, 0) is 24.3 Å². The van der Waals surface area contributed by atoms with Crippen molar-refractivity contribution in [2.75, 3.05) is 25.6 Å². The second-order valence-electron chi connectivity index (χ2n) is 7.47. The maximum absolute atomic E-state index is 12.3. The molecule has 3 aromatic rings. The second kappa shape index (κ2) is 9.28. The highest BCUT2D eigenvalue weighted by molar-refractivity contribution is 7.09. The first kappa shape index (κ1) is 20.4. The molecule has 1 aromatic heterocycles. The molecule has 6 nitrogen and oxygen atoms in total. The van der Waals surface area contributed by atoms with Gasteiger partial charge in [0.1, 0.15) is 18.2 Å². The molecule has 2 heterocycles. The molecule has 156 valence electrons. The number of aromatic nitrogens is 1. The number of amides is 1. The highest BCUT2D eigenvalue weighted by Gasteiger charge is 2.14. The minimum atomic E-state index is -0.0515. The first-order valence-electron chi connectivity index (χ1n) is 9.92. The second-order valence-corrected chi connectivity index (χ2v) is 8.42. The van der Waals surface area contributed by atoms with Crippen molar-refractivity contribution in [1.82, 2.24) is 9.88 Å². The number of hydrogen-bond acceptors (Lipinski definition) is 6. The van der Waals surface area contributed by atoms with E-state index < -0.39 is 0 Å². The summed E-state index contributed by atoms with van der Waals surface area (Å²) in [6.45, 7) is 4.70. The van der Waals surface area contributed by atoms with Crippen LogP contribution in [-0.4, -0.2) is 36.1 Å². The third-order valence-electron chi connectivity index (χ3n) is 4.74. The number of carbonyl (C=O) groups excluding carboxylic acids is 1. The van der Waals surface area contributed by atoms with Crippen LogP contribution in [0.4, 0.5) is 5.69 Å². The Morgan fingerprint density at radius 2 is 1.87 bits per heavy atom. The van der Waals surface area contributed by atoms with Gasteiger partial charge < -0.3 is 14.8 Å². The van der Waals surface area contributed by atoms with E-state index in [1.165, 1.54) is 11.3 Å². The molecule has 0 unspecified atom stereocenters. The largest absolute Gasteiger partial charge is 0.486 e. The molecule has 1 amide bonds. The van der Waals surface area contributed by atoms with Gasteiger partial charge in [0, 0.05) is 24.2 Å². The summed E-state index contributed by atoms with van der Waals surface area (Å²) in [6.07, 6.45) is 0.282. The number of benzene rings is 2. The summed E-state index contributed by atoms with van der Waals surface area (Å²) in [5.74, 6) is 1.56. The van der Waals surface area contributed by atoms with Crippen LogP contribution in [0.25, 0.3) is 0 Å². The van der Waals surface area contributed by atoms with Crippen LogP contribution >= 0.6 is 11.3 Å². The average Bonchev–Trinajstić information content (AvgIpc) is 3.16.